The number of carbonyl (C=O) groups is 1. The first-order valence-electron chi connectivity index (χ1n) is 5.86. The number of hydrogen-bond acceptors (Lipinski definition) is 2. The smallest absolute Gasteiger partial charge is 0.253 e. The molecule has 0 saturated carbocycles. The second-order valence-electron chi connectivity index (χ2n) is 4.04. The average Bonchev–Trinajstić information content (AvgIpc) is 2.67. The topological polar surface area (TPSA) is 29.1 Å². The summed E-state index contributed by atoms with van der Waals surface area (Å²) in [5, 5.41) is 2.97. The Labute approximate surface area is 137 Å². The number of hydrogen-bond donors (Lipinski definition) is 1. The van der Waals surface area contributed by atoms with Crippen LogP contribution in [0.2, 0.25) is 0 Å². The van der Waals surface area contributed by atoms with E-state index in [0.717, 1.165) is 20.4 Å². The lowest BCUT2D eigenvalue weighted by atomic mass is 9.99. The summed E-state index contributed by atoms with van der Waals surface area (Å²) in [7, 11) is 0. The van der Waals surface area contributed by atoms with Crippen LogP contribution in [0.3, 0.4) is 0 Å². The summed E-state index contributed by atoms with van der Waals surface area (Å²) in [4.78, 5) is 12.3. The third kappa shape index (κ3) is 4.62. The van der Waals surface area contributed by atoms with Crippen LogP contribution < -0.4 is 5.32 Å². The van der Waals surface area contributed by atoms with E-state index >= 15 is 0 Å². The summed E-state index contributed by atoms with van der Waals surface area (Å²) in [6.45, 7) is 5.01. The Morgan fingerprint density at radius 3 is 2.44 bits per heavy atom. The lowest BCUT2D eigenvalue weighted by molar-refractivity contribution is 0.0952. The molecular formula is C12H16Br3NOS. The van der Waals surface area contributed by atoms with Crippen molar-refractivity contribution in [1.82, 2.24) is 5.32 Å². The Balaban J connectivity index is 2.53. The highest BCUT2D eigenvalue weighted by molar-refractivity contribution is 9.12. The zero-order valence-electron chi connectivity index (χ0n) is 10.3. The number of carbonyl (C=O) groups excluding carboxylic acids is 1. The van der Waals surface area contributed by atoms with E-state index in [1.807, 2.05) is 6.07 Å². The fraction of sp³-hybridized carbons (Fsp3) is 0.583. The first-order chi connectivity index (χ1) is 8.49. The van der Waals surface area contributed by atoms with E-state index in [1.54, 1.807) is 0 Å². The number of halogens is 3. The number of alkyl halides is 1. The van der Waals surface area contributed by atoms with Crippen LogP contribution in [-0.4, -0.2) is 17.3 Å². The van der Waals surface area contributed by atoms with Crippen LogP contribution >= 0.6 is 59.1 Å². The first kappa shape index (κ1) is 16.7. The highest BCUT2D eigenvalue weighted by atomic mass is 79.9. The van der Waals surface area contributed by atoms with Crippen molar-refractivity contribution in [3.63, 3.8) is 0 Å². The van der Waals surface area contributed by atoms with E-state index in [0.29, 0.717) is 22.9 Å². The highest BCUT2D eigenvalue weighted by Gasteiger charge is 2.18. The molecule has 0 bridgehead atoms. The summed E-state index contributed by atoms with van der Waals surface area (Å²) in [6, 6.07) is 1.84. The fourth-order valence-corrected chi connectivity index (χ4v) is 5.45. The lowest BCUT2D eigenvalue weighted by Gasteiger charge is -2.19. The molecule has 0 radical (unpaired) electrons. The molecule has 0 aliphatic rings. The van der Waals surface area contributed by atoms with Crippen molar-refractivity contribution in [2.75, 3.05) is 6.54 Å². The van der Waals surface area contributed by atoms with Crippen LogP contribution in [0.4, 0.5) is 0 Å². The van der Waals surface area contributed by atoms with Gasteiger partial charge in [-0.3, -0.25) is 4.79 Å². The van der Waals surface area contributed by atoms with Crippen LogP contribution in [0.1, 0.15) is 37.0 Å². The van der Waals surface area contributed by atoms with E-state index in [4.69, 9.17) is 0 Å². The fourth-order valence-electron chi connectivity index (χ4n) is 1.75. The largest absolute Gasteiger partial charge is 0.351 e. The molecule has 1 N–H and O–H groups in total. The summed E-state index contributed by atoms with van der Waals surface area (Å²) < 4.78 is 1.82. The number of rotatable bonds is 6. The van der Waals surface area contributed by atoms with E-state index in [9.17, 15) is 4.79 Å². The molecule has 1 rings (SSSR count). The maximum Gasteiger partial charge on any atom is 0.253 e. The van der Waals surface area contributed by atoms with Crippen molar-refractivity contribution in [3.05, 3.63) is 19.2 Å². The molecule has 6 heteroatoms. The minimum Gasteiger partial charge on any atom is -0.351 e. The Morgan fingerprint density at radius 1 is 1.39 bits per heavy atom. The van der Waals surface area contributed by atoms with Crippen molar-refractivity contribution in [3.8, 4) is 0 Å². The van der Waals surface area contributed by atoms with Gasteiger partial charge in [0.05, 0.1) is 13.1 Å². The zero-order chi connectivity index (χ0) is 13.7. The molecule has 1 atom stereocenters. The van der Waals surface area contributed by atoms with Gasteiger partial charge in [0.15, 0.2) is 0 Å². The second-order valence-corrected chi connectivity index (χ2v) is 8.97. The molecule has 1 aromatic rings. The summed E-state index contributed by atoms with van der Waals surface area (Å²) >= 11 is 11.9. The molecule has 102 valence electrons. The Kier molecular flexibility index (Phi) is 7.43. The molecule has 0 aliphatic carbocycles. The van der Waals surface area contributed by atoms with E-state index in [-0.39, 0.29) is 5.91 Å². The monoisotopic (exact) mass is 459 g/mol. The van der Waals surface area contributed by atoms with Gasteiger partial charge in [-0.15, -0.1) is 11.3 Å². The van der Waals surface area contributed by atoms with Crippen molar-refractivity contribution < 1.29 is 4.79 Å². The van der Waals surface area contributed by atoms with Crippen LogP contribution in [-0.2, 0) is 0 Å². The van der Waals surface area contributed by atoms with Gasteiger partial charge in [-0.1, -0.05) is 42.6 Å². The van der Waals surface area contributed by atoms with Crippen LogP contribution in [0.15, 0.2) is 13.6 Å². The molecule has 0 fully saturated rings. The van der Waals surface area contributed by atoms with E-state index in [2.05, 4.69) is 67.0 Å². The van der Waals surface area contributed by atoms with Crippen molar-refractivity contribution in [2.45, 2.75) is 31.5 Å². The second kappa shape index (κ2) is 8.02. The van der Waals surface area contributed by atoms with Gasteiger partial charge in [0.25, 0.3) is 5.91 Å². The molecule has 0 spiro atoms. The van der Waals surface area contributed by atoms with Crippen LogP contribution in [0.5, 0.6) is 0 Å². The number of nitrogens with one attached hydrogen (secondary N) is 1. The maximum atomic E-state index is 12.0. The van der Waals surface area contributed by atoms with Gasteiger partial charge in [0.2, 0.25) is 0 Å². The van der Waals surface area contributed by atoms with Crippen molar-refractivity contribution in [2.24, 2.45) is 5.92 Å². The Bertz CT molecular complexity index is 404. The van der Waals surface area contributed by atoms with Gasteiger partial charge in [-0.25, -0.2) is 0 Å². The first-order valence-corrected chi connectivity index (χ1v) is 9.18. The number of thiophene rings is 1. The van der Waals surface area contributed by atoms with E-state index in [1.165, 1.54) is 11.3 Å². The molecule has 0 aliphatic heterocycles. The van der Waals surface area contributed by atoms with Crippen LogP contribution in [0.25, 0.3) is 0 Å². The van der Waals surface area contributed by atoms with Gasteiger partial charge in [0, 0.05) is 11.4 Å². The standard InChI is InChI=1S/C12H16Br3NOS/c1-3-7(4-2)9(13)6-16-12(17)8-5-10(14)18-11(8)15/h5,7,9H,3-4,6H2,1-2H3,(H,16,17). The molecule has 1 heterocycles. The van der Waals surface area contributed by atoms with Crippen LogP contribution in [0, 0.1) is 5.92 Å². The molecule has 0 aromatic carbocycles. The molecule has 0 saturated heterocycles. The SMILES string of the molecule is CCC(CC)C(Br)CNC(=O)c1cc(Br)sc1Br. The van der Waals surface area contributed by atoms with Gasteiger partial charge in [-0.2, -0.15) is 0 Å². The van der Waals surface area contributed by atoms with Gasteiger partial charge in [-0.05, 0) is 43.8 Å². The minimum atomic E-state index is -0.0285. The quantitative estimate of drug-likeness (QED) is 0.579. The molecule has 1 amide bonds. The summed E-state index contributed by atoms with van der Waals surface area (Å²) in [6.07, 6.45) is 2.24. The minimum absolute atomic E-state index is 0.0285. The normalized spacial score (nSPS) is 12.8. The van der Waals surface area contributed by atoms with Gasteiger partial charge < -0.3 is 5.32 Å². The molecule has 18 heavy (non-hydrogen) atoms. The van der Waals surface area contributed by atoms with Crippen molar-refractivity contribution in [1.29, 1.82) is 0 Å². The van der Waals surface area contributed by atoms with E-state index < -0.39 is 0 Å². The Morgan fingerprint density at radius 2 is 2.00 bits per heavy atom. The molecule has 2 nitrogen and oxygen atoms in total. The third-order valence-electron chi connectivity index (χ3n) is 2.92. The lowest BCUT2D eigenvalue weighted by Crippen LogP contribution is -2.32. The summed E-state index contributed by atoms with van der Waals surface area (Å²) in [5.41, 5.74) is 0.691. The average molecular weight is 462 g/mol. The maximum absolute atomic E-state index is 12.0. The van der Waals surface area contributed by atoms with Crippen molar-refractivity contribution >= 4 is 65.0 Å². The Hall–Kier alpha value is 0.610. The van der Waals surface area contributed by atoms with Gasteiger partial charge in [0.1, 0.15) is 0 Å². The molecular weight excluding hydrogens is 446 g/mol. The molecule has 1 unspecified atom stereocenters. The predicted molar refractivity (Wildman–Crippen MR) is 88.8 cm³/mol. The number of amides is 1. The highest BCUT2D eigenvalue weighted by Crippen LogP contribution is 2.31. The summed E-state index contributed by atoms with van der Waals surface area (Å²) in [5.74, 6) is 0.571. The zero-order valence-corrected chi connectivity index (χ0v) is 15.9. The third-order valence-corrected chi connectivity index (χ3v) is 6.33. The predicted octanol–water partition coefficient (Wildman–Crippen LogP) is 5.20. The van der Waals surface area contributed by atoms with Gasteiger partial charge >= 0.3 is 0 Å². The molecule has 1 aromatic heterocycles.